The molecule has 3 heteroatoms. The van der Waals surface area contributed by atoms with E-state index in [2.05, 4.69) is 0 Å². The highest BCUT2D eigenvalue weighted by Crippen LogP contribution is 2.15. The van der Waals surface area contributed by atoms with Crippen LogP contribution in [0.15, 0.2) is 24.3 Å². The van der Waals surface area contributed by atoms with E-state index < -0.39 is 0 Å². The fourth-order valence-electron chi connectivity index (χ4n) is 1.02. The number of carbonyl (C=O) groups excluding carboxylic acids is 1. The Morgan fingerprint density at radius 3 is 2.86 bits per heavy atom. The van der Waals surface area contributed by atoms with Crippen molar-refractivity contribution in [2.45, 2.75) is 13.3 Å². The first-order valence-corrected chi connectivity index (χ1v) is 4.31. The molecular weight excluding hydrogens is 178 g/mol. The van der Waals surface area contributed by atoms with Gasteiger partial charge in [0, 0.05) is 0 Å². The molecule has 3 nitrogen and oxygen atoms in total. The molecule has 1 aromatic carbocycles. The SMILES string of the molecule is Cc1ccccc1OCC(=O)CC#N. The van der Waals surface area contributed by atoms with Crippen molar-refractivity contribution in [3.05, 3.63) is 29.8 Å². The largest absolute Gasteiger partial charge is 0.486 e. The van der Waals surface area contributed by atoms with Gasteiger partial charge in [0.25, 0.3) is 0 Å². The van der Waals surface area contributed by atoms with E-state index >= 15 is 0 Å². The minimum atomic E-state index is -0.198. The molecule has 0 saturated heterocycles. The minimum Gasteiger partial charge on any atom is -0.486 e. The Bertz CT molecular complexity index is 366. The Morgan fingerprint density at radius 2 is 2.21 bits per heavy atom. The zero-order valence-electron chi connectivity index (χ0n) is 7.99. The quantitative estimate of drug-likeness (QED) is 0.726. The third-order valence-corrected chi connectivity index (χ3v) is 1.76. The van der Waals surface area contributed by atoms with Gasteiger partial charge in [0.05, 0.1) is 12.5 Å². The summed E-state index contributed by atoms with van der Waals surface area (Å²) >= 11 is 0. The van der Waals surface area contributed by atoms with Gasteiger partial charge in [-0.2, -0.15) is 5.26 Å². The summed E-state index contributed by atoms with van der Waals surface area (Å²) in [6.45, 7) is 1.88. The molecular formula is C11H11NO2. The van der Waals surface area contributed by atoms with Crippen LogP contribution in [0.25, 0.3) is 0 Å². The maximum absolute atomic E-state index is 11.0. The van der Waals surface area contributed by atoms with Crippen LogP contribution in [0.1, 0.15) is 12.0 Å². The number of nitrogens with zero attached hydrogens (tertiary/aromatic N) is 1. The normalized spacial score (nSPS) is 9.14. The van der Waals surface area contributed by atoms with Crippen LogP contribution in [0.2, 0.25) is 0 Å². The highest BCUT2D eigenvalue weighted by Gasteiger charge is 2.03. The lowest BCUT2D eigenvalue weighted by atomic mass is 10.2. The molecule has 0 unspecified atom stereocenters. The first-order chi connectivity index (χ1) is 6.74. The average molecular weight is 189 g/mol. The molecule has 1 rings (SSSR count). The Morgan fingerprint density at radius 1 is 1.50 bits per heavy atom. The van der Waals surface area contributed by atoms with Crippen LogP contribution < -0.4 is 4.74 Å². The highest BCUT2D eigenvalue weighted by atomic mass is 16.5. The number of carbonyl (C=O) groups is 1. The van der Waals surface area contributed by atoms with E-state index in [-0.39, 0.29) is 18.8 Å². The molecule has 0 aliphatic carbocycles. The van der Waals surface area contributed by atoms with E-state index in [0.717, 1.165) is 5.56 Å². The monoisotopic (exact) mass is 189 g/mol. The molecule has 1 aromatic rings. The number of rotatable bonds is 4. The number of hydrogen-bond acceptors (Lipinski definition) is 3. The fourth-order valence-corrected chi connectivity index (χ4v) is 1.02. The van der Waals surface area contributed by atoms with Crippen molar-refractivity contribution >= 4 is 5.78 Å². The zero-order chi connectivity index (χ0) is 10.4. The summed E-state index contributed by atoms with van der Waals surface area (Å²) in [4.78, 5) is 11.0. The number of ketones is 1. The summed E-state index contributed by atoms with van der Waals surface area (Å²) in [7, 11) is 0. The van der Waals surface area contributed by atoms with Crippen LogP contribution >= 0.6 is 0 Å². The van der Waals surface area contributed by atoms with Crippen LogP contribution in [0.3, 0.4) is 0 Å². The molecule has 0 spiro atoms. The Kier molecular flexibility index (Phi) is 3.69. The van der Waals surface area contributed by atoms with E-state index in [0.29, 0.717) is 5.75 Å². The van der Waals surface area contributed by atoms with Crippen LogP contribution in [-0.4, -0.2) is 12.4 Å². The average Bonchev–Trinajstić information content (AvgIpc) is 2.17. The maximum Gasteiger partial charge on any atom is 0.184 e. The lowest BCUT2D eigenvalue weighted by molar-refractivity contribution is -0.120. The van der Waals surface area contributed by atoms with E-state index in [1.54, 1.807) is 12.1 Å². The number of para-hydroxylation sites is 1. The minimum absolute atomic E-state index is 0.0294. The van der Waals surface area contributed by atoms with Gasteiger partial charge in [-0.15, -0.1) is 0 Å². The van der Waals surface area contributed by atoms with E-state index in [1.807, 2.05) is 25.1 Å². The smallest absolute Gasteiger partial charge is 0.184 e. The van der Waals surface area contributed by atoms with Gasteiger partial charge in [-0.25, -0.2) is 0 Å². The summed E-state index contributed by atoms with van der Waals surface area (Å²) in [5, 5.41) is 8.26. The van der Waals surface area contributed by atoms with Crippen molar-refractivity contribution in [1.82, 2.24) is 0 Å². The molecule has 0 fully saturated rings. The van der Waals surface area contributed by atoms with Gasteiger partial charge >= 0.3 is 0 Å². The predicted octanol–water partition coefficient (Wildman–Crippen LogP) is 1.86. The number of nitriles is 1. The molecule has 0 heterocycles. The molecule has 0 atom stereocenters. The molecule has 14 heavy (non-hydrogen) atoms. The van der Waals surface area contributed by atoms with Crippen molar-refractivity contribution in [3.8, 4) is 11.8 Å². The molecule has 0 radical (unpaired) electrons. The standard InChI is InChI=1S/C11H11NO2/c1-9-4-2-3-5-11(9)14-8-10(13)6-7-12/h2-5H,6,8H2,1H3. The second-order valence-corrected chi connectivity index (χ2v) is 2.93. The van der Waals surface area contributed by atoms with Crippen molar-refractivity contribution in [2.24, 2.45) is 0 Å². The van der Waals surface area contributed by atoms with E-state index in [4.69, 9.17) is 10.00 Å². The van der Waals surface area contributed by atoms with E-state index in [9.17, 15) is 4.79 Å². The van der Waals surface area contributed by atoms with Crippen molar-refractivity contribution in [3.63, 3.8) is 0 Å². The zero-order valence-corrected chi connectivity index (χ0v) is 7.99. The Hall–Kier alpha value is -1.82. The maximum atomic E-state index is 11.0. The lowest BCUT2D eigenvalue weighted by Gasteiger charge is -2.06. The van der Waals surface area contributed by atoms with Gasteiger partial charge in [-0.1, -0.05) is 18.2 Å². The number of aryl methyl sites for hydroxylation is 1. The number of ether oxygens (including phenoxy) is 1. The molecule has 0 amide bonds. The van der Waals surface area contributed by atoms with Crippen molar-refractivity contribution in [2.75, 3.05) is 6.61 Å². The van der Waals surface area contributed by atoms with Gasteiger partial charge in [-0.05, 0) is 18.6 Å². The van der Waals surface area contributed by atoms with Gasteiger partial charge < -0.3 is 4.74 Å². The van der Waals surface area contributed by atoms with Gasteiger partial charge in [0.15, 0.2) is 5.78 Å². The summed E-state index contributed by atoms with van der Waals surface area (Å²) in [5.74, 6) is 0.495. The fraction of sp³-hybridized carbons (Fsp3) is 0.273. The first-order valence-electron chi connectivity index (χ1n) is 4.31. The topological polar surface area (TPSA) is 50.1 Å². The number of Topliss-reactive ketones (excluding diaryl/α,β-unsaturated/α-hetero) is 1. The third kappa shape index (κ3) is 2.91. The van der Waals surface area contributed by atoms with Gasteiger partial charge in [0.1, 0.15) is 12.4 Å². The molecule has 72 valence electrons. The summed E-state index contributed by atoms with van der Waals surface area (Å²) in [6.07, 6.45) is -0.0914. The second-order valence-electron chi connectivity index (χ2n) is 2.93. The molecule has 0 bridgehead atoms. The van der Waals surface area contributed by atoms with E-state index in [1.165, 1.54) is 0 Å². The summed E-state index contributed by atoms with van der Waals surface area (Å²) < 4.78 is 5.25. The summed E-state index contributed by atoms with van der Waals surface area (Å²) in [6, 6.07) is 9.24. The third-order valence-electron chi connectivity index (χ3n) is 1.76. The summed E-state index contributed by atoms with van der Waals surface area (Å²) in [5.41, 5.74) is 0.984. The molecule has 0 aliphatic rings. The van der Waals surface area contributed by atoms with Crippen LogP contribution in [0.4, 0.5) is 0 Å². The first kappa shape index (κ1) is 10.3. The van der Waals surface area contributed by atoms with Crippen LogP contribution in [0, 0.1) is 18.3 Å². The van der Waals surface area contributed by atoms with Gasteiger partial charge in [-0.3, -0.25) is 4.79 Å². The Labute approximate surface area is 82.9 Å². The molecule has 0 aliphatic heterocycles. The molecule has 0 N–H and O–H groups in total. The molecule has 0 aromatic heterocycles. The van der Waals surface area contributed by atoms with Crippen LogP contribution in [0.5, 0.6) is 5.75 Å². The second kappa shape index (κ2) is 5.03. The van der Waals surface area contributed by atoms with Crippen molar-refractivity contribution in [1.29, 1.82) is 5.26 Å². The molecule has 0 saturated carbocycles. The van der Waals surface area contributed by atoms with Crippen molar-refractivity contribution < 1.29 is 9.53 Å². The lowest BCUT2D eigenvalue weighted by Crippen LogP contribution is -2.10. The Balaban J connectivity index is 2.51. The number of hydrogen-bond donors (Lipinski definition) is 0. The van der Waals surface area contributed by atoms with Crippen LogP contribution in [-0.2, 0) is 4.79 Å². The number of benzene rings is 1. The highest BCUT2D eigenvalue weighted by molar-refractivity contribution is 5.81. The predicted molar refractivity (Wildman–Crippen MR) is 51.9 cm³/mol. The van der Waals surface area contributed by atoms with Gasteiger partial charge in [0.2, 0.25) is 0 Å².